The van der Waals surface area contributed by atoms with Gasteiger partial charge in [-0.2, -0.15) is 0 Å². The normalized spacial score (nSPS) is 15.5. The first-order chi connectivity index (χ1) is 9.31. The lowest BCUT2D eigenvalue weighted by molar-refractivity contribution is 0.0887. The topological polar surface area (TPSA) is 40.5 Å². The monoisotopic (exact) mass is 261 g/mol. The molecule has 2 rings (SSSR count). The molecule has 1 aromatic rings. The van der Waals surface area contributed by atoms with E-state index in [4.69, 9.17) is 5.11 Å². The maximum Gasteiger partial charge on any atom is 0.164 e. The Kier molecular flexibility index (Phi) is 5.55. The number of ketones is 1. The highest BCUT2D eigenvalue weighted by atomic mass is 16.3. The smallest absolute Gasteiger partial charge is 0.164 e. The van der Waals surface area contributed by atoms with Crippen molar-refractivity contribution in [3.63, 3.8) is 0 Å². The van der Waals surface area contributed by atoms with Gasteiger partial charge in [0.25, 0.3) is 0 Å². The average molecular weight is 261 g/mol. The third-order valence-electron chi connectivity index (χ3n) is 3.92. The molecule has 1 aromatic carbocycles. The van der Waals surface area contributed by atoms with Gasteiger partial charge in [0.1, 0.15) is 0 Å². The van der Waals surface area contributed by atoms with Crippen molar-refractivity contribution in [1.29, 1.82) is 0 Å². The van der Waals surface area contributed by atoms with Crippen molar-refractivity contribution in [2.45, 2.75) is 38.1 Å². The van der Waals surface area contributed by atoms with Gasteiger partial charge in [0.2, 0.25) is 0 Å². The molecule has 0 unspecified atom stereocenters. The molecule has 104 valence electrons. The Morgan fingerprint density at radius 1 is 1.21 bits per heavy atom. The zero-order valence-electron chi connectivity index (χ0n) is 11.4. The van der Waals surface area contributed by atoms with Crippen LogP contribution >= 0.6 is 0 Å². The maximum absolute atomic E-state index is 12.1. The molecule has 0 saturated heterocycles. The minimum atomic E-state index is 0.217. The van der Waals surface area contributed by atoms with Crippen molar-refractivity contribution in [3.05, 3.63) is 35.9 Å². The number of hydrogen-bond acceptors (Lipinski definition) is 3. The molecule has 0 bridgehead atoms. The molecule has 0 aliphatic heterocycles. The summed E-state index contributed by atoms with van der Waals surface area (Å²) in [6.45, 7) is 1.96. The zero-order chi connectivity index (χ0) is 13.5. The quantitative estimate of drug-likeness (QED) is 0.731. The lowest BCUT2D eigenvalue weighted by Gasteiger charge is -2.37. The summed E-state index contributed by atoms with van der Waals surface area (Å²) in [4.78, 5) is 14.5. The fourth-order valence-corrected chi connectivity index (χ4v) is 2.52. The molecule has 0 radical (unpaired) electrons. The predicted molar refractivity (Wildman–Crippen MR) is 76.3 cm³/mol. The number of aliphatic hydroxyl groups is 1. The van der Waals surface area contributed by atoms with E-state index in [2.05, 4.69) is 4.90 Å². The summed E-state index contributed by atoms with van der Waals surface area (Å²) in [5.41, 5.74) is 0.804. The van der Waals surface area contributed by atoms with E-state index in [1.54, 1.807) is 0 Å². The fraction of sp³-hybridized carbons (Fsp3) is 0.562. The molecule has 3 heteroatoms. The highest BCUT2D eigenvalue weighted by molar-refractivity contribution is 5.96. The summed E-state index contributed by atoms with van der Waals surface area (Å²) >= 11 is 0. The Labute approximate surface area is 115 Å². The second-order valence-corrected chi connectivity index (χ2v) is 5.24. The van der Waals surface area contributed by atoms with E-state index < -0.39 is 0 Å². The highest BCUT2D eigenvalue weighted by Crippen LogP contribution is 2.25. The van der Waals surface area contributed by atoms with E-state index >= 15 is 0 Å². The average Bonchev–Trinajstić information content (AvgIpc) is 2.40. The standard InChI is InChI=1S/C16H23NO2/c18-13-5-11-17(15-8-4-9-15)12-10-16(19)14-6-2-1-3-7-14/h1-3,6-7,15,18H,4-5,8-13H2. The molecular weight excluding hydrogens is 238 g/mol. The highest BCUT2D eigenvalue weighted by Gasteiger charge is 2.24. The molecule has 0 heterocycles. The Balaban J connectivity index is 1.82. The van der Waals surface area contributed by atoms with E-state index in [-0.39, 0.29) is 12.4 Å². The first kappa shape index (κ1) is 14.2. The van der Waals surface area contributed by atoms with Gasteiger partial charge in [-0.15, -0.1) is 0 Å². The van der Waals surface area contributed by atoms with Gasteiger partial charge in [0.15, 0.2) is 5.78 Å². The van der Waals surface area contributed by atoms with Gasteiger partial charge in [0.05, 0.1) is 0 Å². The Morgan fingerprint density at radius 3 is 2.53 bits per heavy atom. The van der Waals surface area contributed by atoms with Crippen LogP contribution in [0.2, 0.25) is 0 Å². The van der Waals surface area contributed by atoms with Crippen LogP contribution in [0.5, 0.6) is 0 Å². The van der Waals surface area contributed by atoms with Gasteiger partial charge in [0, 0.05) is 37.7 Å². The molecule has 0 spiro atoms. The van der Waals surface area contributed by atoms with Gasteiger partial charge < -0.3 is 5.11 Å². The Bertz CT molecular complexity index is 387. The molecule has 0 atom stereocenters. The Morgan fingerprint density at radius 2 is 1.95 bits per heavy atom. The van der Waals surface area contributed by atoms with Crippen LogP contribution in [-0.2, 0) is 0 Å². The number of nitrogens with zero attached hydrogens (tertiary/aromatic N) is 1. The van der Waals surface area contributed by atoms with E-state index in [1.165, 1.54) is 19.3 Å². The second-order valence-electron chi connectivity index (χ2n) is 5.24. The number of rotatable bonds is 8. The number of carbonyl (C=O) groups excluding carboxylic acids is 1. The zero-order valence-corrected chi connectivity index (χ0v) is 11.4. The SMILES string of the molecule is O=C(CCN(CCCO)C1CCC1)c1ccccc1. The summed E-state index contributed by atoms with van der Waals surface area (Å²) in [5.74, 6) is 0.217. The number of benzene rings is 1. The third-order valence-corrected chi connectivity index (χ3v) is 3.92. The second kappa shape index (κ2) is 7.41. The Hall–Kier alpha value is -1.19. The predicted octanol–water partition coefficient (Wildman–Crippen LogP) is 2.50. The molecule has 1 aliphatic carbocycles. The van der Waals surface area contributed by atoms with Crippen molar-refractivity contribution in [1.82, 2.24) is 4.90 Å². The van der Waals surface area contributed by atoms with Gasteiger partial charge in [-0.3, -0.25) is 9.69 Å². The van der Waals surface area contributed by atoms with E-state index in [0.717, 1.165) is 25.1 Å². The van der Waals surface area contributed by atoms with Gasteiger partial charge in [-0.25, -0.2) is 0 Å². The first-order valence-electron chi connectivity index (χ1n) is 7.24. The summed E-state index contributed by atoms with van der Waals surface area (Å²) in [6.07, 6.45) is 5.16. The number of carbonyl (C=O) groups is 1. The molecule has 0 amide bonds. The fourth-order valence-electron chi connectivity index (χ4n) is 2.52. The van der Waals surface area contributed by atoms with Crippen LogP contribution in [0.1, 0.15) is 42.5 Å². The summed E-state index contributed by atoms with van der Waals surface area (Å²) in [6, 6.07) is 10.1. The lowest BCUT2D eigenvalue weighted by atomic mass is 9.91. The minimum Gasteiger partial charge on any atom is -0.396 e. The molecule has 0 aromatic heterocycles. The molecule has 3 nitrogen and oxygen atoms in total. The lowest BCUT2D eigenvalue weighted by Crippen LogP contribution is -2.42. The van der Waals surface area contributed by atoms with Crippen LogP contribution in [0.15, 0.2) is 30.3 Å². The molecule has 1 aliphatic rings. The number of aliphatic hydroxyl groups excluding tert-OH is 1. The van der Waals surface area contributed by atoms with Crippen molar-refractivity contribution in [3.8, 4) is 0 Å². The number of Topliss-reactive ketones (excluding diaryl/α,β-unsaturated/α-hetero) is 1. The van der Waals surface area contributed by atoms with E-state index in [0.29, 0.717) is 12.5 Å². The van der Waals surface area contributed by atoms with Crippen molar-refractivity contribution < 1.29 is 9.90 Å². The van der Waals surface area contributed by atoms with Crippen LogP contribution in [0, 0.1) is 0 Å². The van der Waals surface area contributed by atoms with Crippen molar-refractivity contribution in [2.24, 2.45) is 0 Å². The van der Waals surface area contributed by atoms with Gasteiger partial charge in [-0.1, -0.05) is 36.8 Å². The van der Waals surface area contributed by atoms with Crippen molar-refractivity contribution >= 4 is 5.78 Å². The summed E-state index contributed by atoms with van der Waals surface area (Å²) in [5, 5.41) is 8.95. The van der Waals surface area contributed by atoms with Crippen LogP contribution in [-0.4, -0.2) is 41.5 Å². The van der Waals surface area contributed by atoms with Gasteiger partial charge >= 0.3 is 0 Å². The largest absolute Gasteiger partial charge is 0.396 e. The van der Waals surface area contributed by atoms with Gasteiger partial charge in [-0.05, 0) is 19.3 Å². The van der Waals surface area contributed by atoms with Crippen LogP contribution in [0.4, 0.5) is 0 Å². The molecule has 1 fully saturated rings. The van der Waals surface area contributed by atoms with Crippen molar-refractivity contribution in [2.75, 3.05) is 19.7 Å². The first-order valence-corrected chi connectivity index (χ1v) is 7.24. The number of hydrogen-bond donors (Lipinski definition) is 1. The molecule has 1 saturated carbocycles. The molecule has 19 heavy (non-hydrogen) atoms. The van der Waals surface area contributed by atoms with Crippen LogP contribution in [0.25, 0.3) is 0 Å². The maximum atomic E-state index is 12.1. The third kappa shape index (κ3) is 4.15. The summed E-state index contributed by atoms with van der Waals surface area (Å²) < 4.78 is 0. The van der Waals surface area contributed by atoms with Crippen LogP contribution in [0.3, 0.4) is 0 Å². The molecule has 1 N–H and O–H groups in total. The molecular formula is C16H23NO2. The van der Waals surface area contributed by atoms with Crippen LogP contribution < -0.4 is 0 Å². The summed E-state index contributed by atoms with van der Waals surface area (Å²) in [7, 11) is 0. The minimum absolute atomic E-state index is 0.217. The van der Waals surface area contributed by atoms with E-state index in [9.17, 15) is 4.79 Å². The van der Waals surface area contributed by atoms with E-state index in [1.807, 2.05) is 30.3 Å².